The minimum Gasteiger partial charge on any atom is -0.496 e. The van der Waals surface area contributed by atoms with E-state index in [4.69, 9.17) is 9.47 Å². The fraction of sp³-hybridized carbons (Fsp3) is 0.593. The first-order valence-electron chi connectivity index (χ1n) is 12.7. The van der Waals surface area contributed by atoms with Crippen LogP contribution in [-0.4, -0.2) is 52.7 Å². The highest BCUT2D eigenvalue weighted by molar-refractivity contribution is 7.13. The summed E-state index contributed by atoms with van der Waals surface area (Å²) in [7, 11) is 1.63. The molecule has 4 aliphatic carbocycles. The Hall–Kier alpha value is -2.45. The molecule has 2 aromatic rings. The van der Waals surface area contributed by atoms with E-state index in [9.17, 15) is 14.7 Å². The van der Waals surface area contributed by atoms with Crippen LogP contribution in [0.1, 0.15) is 50.6 Å². The maximum absolute atomic E-state index is 13.8. The van der Waals surface area contributed by atoms with Crippen molar-refractivity contribution < 1.29 is 24.2 Å². The first-order valence-corrected chi connectivity index (χ1v) is 13.6. The zero-order chi connectivity index (χ0) is 24.2. The summed E-state index contributed by atoms with van der Waals surface area (Å²) in [5, 5.41) is 13.1. The van der Waals surface area contributed by atoms with E-state index in [0.717, 1.165) is 35.6 Å². The van der Waals surface area contributed by atoms with E-state index in [2.05, 4.69) is 4.98 Å². The van der Waals surface area contributed by atoms with Crippen LogP contribution in [0.15, 0.2) is 29.6 Å². The number of likely N-dealkylation sites (tertiary alicyclic amines) is 1. The van der Waals surface area contributed by atoms with E-state index in [1.165, 1.54) is 30.6 Å². The highest BCUT2D eigenvalue weighted by Crippen LogP contribution is 2.60. The Labute approximate surface area is 209 Å². The number of rotatable bonds is 6. The molecule has 2 heterocycles. The molecule has 5 aliphatic rings. The number of ether oxygens (including phenoxy) is 2. The summed E-state index contributed by atoms with van der Waals surface area (Å²) in [6, 6.07) is 6.95. The molecule has 0 radical (unpaired) electrons. The number of carbonyl (C=O) groups is 2. The molecular weight excluding hydrogens is 464 g/mol. The van der Waals surface area contributed by atoms with Crippen LogP contribution >= 0.6 is 11.3 Å². The number of esters is 1. The number of hydrogen-bond donors (Lipinski definition) is 1. The highest BCUT2D eigenvalue weighted by Gasteiger charge is 2.57. The van der Waals surface area contributed by atoms with Gasteiger partial charge in [-0.25, -0.2) is 9.78 Å². The van der Waals surface area contributed by atoms with Gasteiger partial charge in [0.2, 0.25) is 5.91 Å². The lowest BCUT2D eigenvalue weighted by molar-refractivity contribution is -0.166. The van der Waals surface area contributed by atoms with Gasteiger partial charge in [-0.3, -0.25) is 4.79 Å². The van der Waals surface area contributed by atoms with Gasteiger partial charge < -0.3 is 19.5 Å². The molecule has 1 aromatic carbocycles. The Balaban J connectivity index is 1.13. The fourth-order valence-electron chi connectivity index (χ4n) is 7.50. The number of nitrogens with zero attached hydrogens (tertiary/aromatic N) is 2. The summed E-state index contributed by atoms with van der Waals surface area (Å²) >= 11 is 1.47. The van der Waals surface area contributed by atoms with Gasteiger partial charge in [-0.1, -0.05) is 12.1 Å². The lowest BCUT2D eigenvalue weighted by Gasteiger charge is -2.56. The Bertz CT molecular complexity index is 1090. The van der Waals surface area contributed by atoms with Gasteiger partial charge in [-0.05, 0) is 68.4 Å². The number of hydrogen-bond acceptors (Lipinski definition) is 7. The second kappa shape index (κ2) is 8.89. The second-order valence-electron chi connectivity index (χ2n) is 11.0. The largest absolute Gasteiger partial charge is 0.496 e. The van der Waals surface area contributed by atoms with Crippen molar-refractivity contribution in [2.45, 2.75) is 63.7 Å². The Morgan fingerprint density at radius 1 is 1.11 bits per heavy atom. The number of methoxy groups -OCH3 is 1. The molecule has 1 amide bonds. The van der Waals surface area contributed by atoms with E-state index in [1.807, 2.05) is 29.6 Å². The number of aromatic nitrogens is 1. The molecule has 186 valence electrons. The topological polar surface area (TPSA) is 89.0 Å². The average molecular weight is 497 g/mol. The summed E-state index contributed by atoms with van der Waals surface area (Å²) in [6.45, 7) is 0.255. The summed E-state index contributed by atoms with van der Waals surface area (Å²) in [6.07, 6.45) is 6.13. The number of β-amino-alcohol motifs (C(OH)–C–C–N with tert-alkyl or cyclic N) is 1. The maximum atomic E-state index is 13.8. The Morgan fingerprint density at radius 3 is 2.49 bits per heavy atom. The lowest BCUT2D eigenvalue weighted by atomic mass is 9.49. The molecule has 8 heteroatoms. The van der Waals surface area contributed by atoms with Gasteiger partial charge in [0.25, 0.3) is 0 Å². The number of carbonyl (C=O) groups excluding carboxylic acids is 2. The smallest absolute Gasteiger partial charge is 0.329 e. The van der Waals surface area contributed by atoms with E-state index in [1.54, 1.807) is 12.0 Å². The van der Waals surface area contributed by atoms with Gasteiger partial charge in [0, 0.05) is 18.3 Å². The van der Waals surface area contributed by atoms with Crippen LogP contribution in [0.4, 0.5) is 0 Å². The number of thiazole rings is 1. The predicted molar refractivity (Wildman–Crippen MR) is 131 cm³/mol. The third-order valence-electron chi connectivity index (χ3n) is 8.56. The van der Waals surface area contributed by atoms with Gasteiger partial charge in [-0.15, -0.1) is 11.3 Å². The zero-order valence-corrected chi connectivity index (χ0v) is 20.8. The summed E-state index contributed by atoms with van der Waals surface area (Å²) in [5.74, 6) is 2.29. The molecule has 2 atom stereocenters. The maximum Gasteiger partial charge on any atom is 0.329 e. The van der Waals surface area contributed by atoms with E-state index in [0.29, 0.717) is 23.4 Å². The molecular formula is C27H32N2O5S. The number of amides is 1. The highest BCUT2D eigenvalue weighted by atomic mass is 32.1. The first kappa shape index (κ1) is 23.0. The van der Waals surface area contributed by atoms with Crippen molar-refractivity contribution in [2.75, 3.05) is 13.7 Å². The summed E-state index contributed by atoms with van der Waals surface area (Å²) < 4.78 is 11.1. The number of aliphatic hydroxyl groups excluding tert-OH is 1. The normalized spacial score (nSPS) is 33.2. The van der Waals surface area contributed by atoms with Gasteiger partial charge in [0.05, 0.1) is 29.9 Å². The number of benzene rings is 1. The van der Waals surface area contributed by atoms with Crippen molar-refractivity contribution in [1.82, 2.24) is 9.88 Å². The van der Waals surface area contributed by atoms with Crippen LogP contribution in [0.2, 0.25) is 0 Å². The third kappa shape index (κ3) is 4.14. The van der Waals surface area contributed by atoms with Crippen molar-refractivity contribution in [2.24, 2.45) is 23.2 Å². The predicted octanol–water partition coefficient (Wildman–Crippen LogP) is 4.04. The Kier molecular flexibility index (Phi) is 5.84. The molecule has 0 spiro atoms. The van der Waals surface area contributed by atoms with Crippen molar-refractivity contribution in [3.8, 4) is 16.3 Å². The summed E-state index contributed by atoms with van der Waals surface area (Å²) in [5.41, 5.74) is 1.21. The van der Waals surface area contributed by atoms with Crippen LogP contribution in [-0.2, 0) is 20.9 Å². The fourth-order valence-corrected chi connectivity index (χ4v) is 8.33. The zero-order valence-electron chi connectivity index (χ0n) is 20.0. The van der Waals surface area contributed by atoms with Crippen molar-refractivity contribution in [3.05, 3.63) is 35.3 Å². The van der Waals surface area contributed by atoms with E-state index in [-0.39, 0.29) is 30.9 Å². The number of para-hydroxylation sites is 1. The van der Waals surface area contributed by atoms with Gasteiger partial charge in [-0.2, -0.15) is 0 Å². The van der Waals surface area contributed by atoms with Gasteiger partial charge in [0.1, 0.15) is 23.4 Å². The molecule has 5 fully saturated rings. The molecule has 35 heavy (non-hydrogen) atoms. The Morgan fingerprint density at radius 2 is 1.80 bits per heavy atom. The van der Waals surface area contributed by atoms with Crippen molar-refractivity contribution >= 4 is 23.2 Å². The van der Waals surface area contributed by atoms with E-state index >= 15 is 0 Å². The van der Waals surface area contributed by atoms with Crippen LogP contribution in [0, 0.1) is 23.2 Å². The third-order valence-corrected chi connectivity index (χ3v) is 9.48. The minimum absolute atomic E-state index is 0.0382. The standard InChI is InChI=1S/C27H32N2O5S/c1-33-23-5-3-2-4-21(23)24-28-19(15-35-24)14-34-25(31)22-9-20(30)13-29(22)26(32)27-10-16-6-17(11-27)8-18(7-16)12-27/h2-5,15-18,20,22,30H,6-14H2,1H3/t16?,17?,18?,20?,22-,27?/m0/s1. The molecule has 1 unspecified atom stereocenters. The molecule has 1 saturated heterocycles. The van der Waals surface area contributed by atoms with Gasteiger partial charge in [0.15, 0.2) is 0 Å². The number of aliphatic hydroxyl groups is 1. The van der Waals surface area contributed by atoms with E-state index < -0.39 is 18.1 Å². The summed E-state index contributed by atoms with van der Waals surface area (Å²) in [4.78, 5) is 33.2. The molecule has 7 nitrogen and oxygen atoms in total. The minimum atomic E-state index is -0.724. The molecule has 1 aromatic heterocycles. The average Bonchev–Trinajstić information content (AvgIpc) is 3.48. The quantitative estimate of drug-likeness (QED) is 0.608. The van der Waals surface area contributed by atoms with Crippen LogP contribution < -0.4 is 4.74 Å². The SMILES string of the molecule is COc1ccccc1-c1nc(COC(=O)[C@@H]2CC(O)CN2C(=O)C23CC4CC(CC(C4)C2)C3)cs1. The molecule has 4 bridgehead atoms. The van der Waals surface area contributed by atoms with Crippen molar-refractivity contribution in [3.63, 3.8) is 0 Å². The van der Waals surface area contributed by atoms with Crippen LogP contribution in [0.3, 0.4) is 0 Å². The van der Waals surface area contributed by atoms with Crippen LogP contribution in [0.25, 0.3) is 10.6 Å². The van der Waals surface area contributed by atoms with Gasteiger partial charge >= 0.3 is 5.97 Å². The molecule has 7 rings (SSSR count). The second-order valence-corrected chi connectivity index (χ2v) is 11.9. The van der Waals surface area contributed by atoms with Crippen LogP contribution in [0.5, 0.6) is 5.75 Å². The molecule has 1 aliphatic heterocycles. The molecule has 1 N–H and O–H groups in total. The molecule has 4 saturated carbocycles. The monoisotopic (exact) mass is 496 g/mol. The lowest BCUT2D eigenvalue weighted by Crippen LogP contribution is -2.56. The first-order chi connectivity index (χ1) is 16.9. The van der Waals surface area contributed by atoms with Crippen molar-refractivity contribution in [1.29, 1.82) is 0 Å².